The second kappa shape index (κ2) is 7.92. The Balaban J connectivity index is 1.59. The van der Waals surface area contributed by atoms with Gasteiger partial charge >= 0.3 is 5.97 Å². The number of sulfonamides is 1. The first-order chi connectivity index (χ1) is 12.8. The van der Waals surface area contributed by atoms with Crippen molar-refractivity contribution in [2.75, 3.05) is 17.6 Å². The maximum atomic E-state index is 12.2. The summed E-state index contributed by atoms with van der Waals surface area (Å²) in [5.74, 6) is -0.876. The van der Waals surface area contributed by atoms with Gasteiger partial charge in [-0.3, -0.25) is 9.52 Å². The number of esters is 1. The minimum absolute atomic E-state index is 0.340. The van der Waals surface area contributed by atoms with Crippen LogP contribution in [0.3, 0.4) is 0 Å². The Hall–Kier alpha value is -2.67. The number of aryl methyl sites for hydroxylation is 2. The summed E-state index contributed by atoms with van der Waals surface area (Å²) in [5.41, 5.74) is 3.61. The molecule has 27 heavy (non-hydrogen) atoms. The van der Waals surface area contributed by atoms with Crippen LogP contribution in [-0.4, -0.2) is 33.0 Å². The molecule has 0 aliphatic heterocycles. The van der Waals surface area contributed by atoms with Gasteiger partial charge in [-0.05, 0) is 73.2 Å². The van der Waals surface area contributed by atoms with Crippen molar-refractivity contribution < 1.29 is 22.7 Å². The number of carbonyl (C=O) groups is 2. The summed E-state index contributed by atoms with van der Waals surface area (Å²) in [5, 5.41) is 0. The van der Waals surface area contributed by atoms with Crippen molar-refractivity contribution in [3.8, 4) is 0 Å². The quantitative estimate of drug-likeness (QED) is 0.608. The summed E-state index contributed by atoms with van der Waals surface area (Å²) in [6, 6.07) is 11.5. The Morgan fingerprint density at radius 3 is 2.26 bits per heavy atom. The van der Waals surface area contributed by atoms with Gasteiger partial charge in [0.15, 0.2) is 12.4 Å². The molecule has 0 atom stereocenters. The van der Waals surface area contributed by atoms with Gasteiger partial charge < -0.3 is 4.74 Å². The number of carbonyl (C=O) groups excluding carboxylic acids is 2. The summed E-state index contributed by atoms with van der Waals surface area (Å²) in [7, 11) is -3.37. The molecule has 1 aliphatic carbocycles. The molecule has 142 valence electrons. The van der Waals surface area contributed by atoms with Crippen molar-refractivity contribution in [1.82, 2.24) is 0 Å². The number of benzene rings is 2. The minimum Gasteiger partial charge on any atom is -0.454 e. The predicted molar refractivity (Wildman–Crippen MR) is 103 cm³/mol. The standard InChI is InChI=1S/C20H21NO5S/c1-27(24,25)21-18-10-8-15(9-11-18)19(22)13-26-20(23)17-7-6-14-4-2-3-5-16(14)12-17/h6-12,21H,2-5,13H2,1H3. The topological polar surface area (TPSA) is 89.5 Å². The van der Waals surface area contributed by atoms with Gasteiger partial charge in [0.1, 0.15) is 0 Å². The Morgan fingerprint density at radius 1 is 0.963 bits per heavy atom. The zero-order chi connectivity index (χ0) is 19.4. The summed E-state index contributed by atoms with van der Waals surface area (Å²) in [6.45, 7) is -0.366. The molecule has 0 bridgehead atoms. The molecular formula is C20H21NO5S. The van der Waals surface area contributed by atoms with Gasteiger partial charge in [0.05, 0.1) is 11.8 Å². The zero-order valence-electron chi connectivity index (χ0n) is 15.0. The van der Waals surface area contributed by atoms with E-state index in [0.29, 0.717) is 16.8 Å². The largest absolute Gasteiger partial charge is 0.454 e. The van der Waals surface area contributed by atoms with Crippen molar-refractivity contribution in [3.63, 3.8) is 0 Å². The molecule has 1 aliphatic rings. The predicted octanol–water partition coefficient (Wildman–Crippen LogP) is 2.98. The second-order valence-corrected chi connectivity index (χ2v) is 8.39. The molecule has 2 aromatic rings. The molecule has 0 heterocycles. The van der Waals surface area contributed by atoms with Crippen LogP contribution in [0.1, 0.15) is 44.7 Å². The molecule has 2 aromatic carbocycles. The average Bonchev–Trinajstić information content (AvgIpc) is 2.64. The van der Waals surface area contributed by atoms with Crippen LogP contribution in [0.5, 0.6) is 0 Å². The van der Waals surface area contributed by atoms with Crippen LogP contribution in [0.2, 0.25) is 0 Å². The van der Waals surface area contributed by atoms with Crippen LogP contribution in [-0.2, 0) is 27.6 Å². The fourth-order valence-electron chi connectivity index (χ4n) is 3.10. The Morgan fingerprint density at radius 2 is 1.59 bits per heavy atom. The third-order valence-electron chi connectivity index (χ3n) is 4.43. The highest BCUT2D eigenvalue weighted by Gasteiger charge is 2.15. The lowest BCUT2D eigenvalue weighted by molar-refractivity contribution is 0.0474. The molecule has 7 heteroatoms. The molecule has 0 unspecified atom stereocenters. The van der Waals surface area contributed by atoms with E-state index in [1.165, 1.54) is 41.8 Å². The number of ketones is 1. The van der Waals surface area contributed by atoms with E-state index in [1.807, 2.05) is 12.1 Å². The first-order valence-electron chi connectivity index (χ1n) is 8.72. The number of Topliss-reactive ketones (excluding diaryl/α,β-unsaturated/α-hetero) is 1. The van der Waals surface area contributed by atoms with Gasteiger partial charge in [0.2, 0.25) is 10.0 Å². The summed E-state index contributed by atoms with van der Waals surface area (Å²) >= 11 is 0. The lowest BCUT2D eigenvalue weighted by Crippen LogP contribution is -2.15. The van der Waals surface area contributed by atoms with Crippen LogP contribution < -0.4 is 4.72 Å². The van der Waals surface area contributed by atoms with E-state index in [9.17, 15) is 18.0 Å². The van der Waals surface area contributed by atoms with Crippen LogP contribution in [0.25, 0.3) is 0 Å². The lowest BCUT2D eigenvalue weighted by atomic mass is 9.90. The monoisotopic (exact) mass is 387 g/mol. The normalized spacial score (nSPS) is 13.5. The van der Waals surface area contributed by atoms with E-state index < -0.39 is 16.0 Å². The van der Waals surface area contributed by atoms with Crippen LogP contribution in [0, 0.1) is 0 Å². The zero-order valence-corrected chi connectivity index (χ0v) is 15.8. The fourth-order valence-corrected chi connectivity index (χ4v) is 3.66. The van der Waals surface area contributed by atoms with Crippen LogP contribution in [0.4, 0.5) is 5.69 Å². The summed E-state index contributed by atoms with van der Waals surface area (Å²) in [4.78, 5) is 24.4. The van der Waals surface area contributed by atoms with Gasteiger partial charge in [0, 0.05) is 11.3 Å². The summed E-state index contributed by atoms with van der Waals surface area (Å²) < 4.78 is 29.8. The maximum Gasteiger partial charge on any atom is 0.338 e. The van der Waals surface area contributed by atoms with Gasteiger partial charge in [-0.1, -0.05) is 6.07 Å². The third-order valence-corrected chi connectivity index (χ3v) is 5.04. The van der Waals surface area contributed by atoms with E-state index in [4.69, 9.17) is 4.74 Å². The van der Waals surface area contributed by atoms with Crippen molar-refractivity contribution in [2.45, 2.75) is 25.7 Å². The van der Waals surface area contributed by atoms with E-state index >= 15 is 0 Å². The van der Waals surface area contributed by atoms with E-state index in [-0.39, 0.29) is 12.4 Å². The summed E-state index contributed by atoms with van der Waals surface area (Å²) in [6.07, 6.45) is 5.33. The molecule has 0 aromatic heterocycles. The number of ether oxygens (including phenoxy) is 1. The van der Waals surface area contributed by atoms with Crippen LogP contribution in [0.15, 0.2) is 42.5 Å². The molecule has 6 nitrogen and oxygen atoms in total. The Labute approximate surface area is 158 Å². The van der Waals surface area contributed by atoms with Gasteiger partial charge in [-0.2, -0.15) is 0 Å². The molecule has 1 N–H and O–H groups in total. The molecule has 0 saturated heterocycles. The fraction of sp³-hybridized carbons (Fsp3) is 0.300. The average molecular weight is 387 g/mol. The van der Waals surface area contributed by atoms with Crippen molar-refractivity contribution in [1.29, 1.82) is 0 Å². The van der Waals surface area contributed by atoms with Gasteiger partial charge in [0.25, 0.3) is 0 Å². The number of hydrogen-bond acceptors (Lipinski definition) is 5. The van der Waals surface area contributed by atoms with E-state index in [1.54, 1.807) is 6.07 Å². The molecular weight excluding hydrogens is 366 g/mol. The lowest BCUT2D eigenvalue weighted by Gasteiger charge is -2.16. The third kappa shape index (κ3) is 5.17. The molecule has 0 amide bonds. The molecule has 0 fully saturated rings. The Bertz CT molecular complexity index is 964. The highest BCUT2D eigenvalue weighted by Crippen LogP contribution is 2.22. The molecule has 0 saturated carbocycles. The van der Waals surface area contributed by atoms with Gasteiger partial charge in [-0.25, -0.2) is 13.2 Å². The first-order valence-corrected chi connectivity index (χ1v) is 10.6. The SMILES string of the molecule is CS(=O)(=O)Nc1ccc(C(=O)COC(=O)c2ccc3c(c2)CCCC3)cc1. The molecule has 0 spiro atoms. The van der Waals surface area contributed by atoms with Gasteiger partial charge in [-0.15, -0.1) is 0 Å². The first kappa shape index (κ1) is 19.1. The van der Waals surface area contributed by atoms with Crippen LogP contribution >= 0.6 is 0 Å². The minimum atomic E-state index is -3.37. The Kier molecular flexibility index (Phi) is 5.60. The van der Waals surface area contributed by atoms with Crippen molar-refractivity contribution in [3.05, 3.63) is 64.7 Å². The number of anilines is 1. The highest BCUT2D eigenvalue weighted by molar-refractivity contribution is 7.92. The maximum absolute atomic E-state index is 12.2. The van der Waals surface area contributed by atoms with E-state index in [2.05, 4.69) is 4.72 Å². The van der Waals surface area contributed by atoms with Crippen molar-refractivity contribution in [2.24, 2.45) is 0 Å². The molecule has 3 rings (SSSR count). The number of rotatable bonds is 6. The van der Waals surface area contributed by atoms with Crippen molar-refractivity contribution >= 4 is 27.5 Å². The smallest absolute Gasteiger partial charge is 0.338 e. The number of nitrogens with one attached hydrogen (secondary N) is 1. The molecule has 0 radical (unpaired) electrons. The highest BCUT2D eigenvalue weighted by atomic mass is 32.2. The van der Waals surface area contributed by atoms with E-state index in [0.717, 1.165) is 25.5 Å². The number of fused-ring (bicyclic) bond motifs is 1. The number of hydrogen-bond donors (Lipinski definition) is 1. The second-order valence-electron chi connectivity index (χ2n) is 6.64.